The predicted octanol–water partition coefficient (Wildman–Crippen LogP) is 2.43. The van der Waals surface area contributed by atoms with Crippen LogP contribution < -0.4 is 0 Å². The summed E-state index contributed by atoms with van der Waals surface area (Å²) in [4.78, 5) is 5.39. The highest BCUT2D eigenvalue weighted by atomic mass is 32.2. The van der Waals surface area contributed by atoms with Crippen molar-refractivity contribution < 1.29 is 17.4 Å². The zero-order chi connectivity index (χ0) is 15.9. The van der Waals surface area contributed by atoms with E-state index in [0.29, 0.717) is 5.71 Å². The predicted molar refractivity (Wildman–Crippen MR) is 82.4 cm³/mol. The molecule has 0 spiro atoms. The molecule has 1 atom stereocenters. The number of rotatable bonds is 6. The summed E-state index contributed by atoms with van der Waals surface area (Å²) in [6.45, 7) is 5.18. The Hall–Kier alpha value is -1.84. The molecule has 1 aromatic rings. The quantitative estimate of drug-likeness (QED) is 0.350. The summed E-state index contributed by atoms with van der Waals surface area (Å²) in [7, 11) is -3.49. The lowest BCUT2D eigenvalue weighted by Crippen LogP contribution is -2.11. The number of oxime groups is 1. The Morgan fingerprint density at radius 3 is 2.71 bits per heavy atom. The molecule has 1 rings (SSSR count). The van der Waals surface area contributed by atoms with Crippen molar-refractivity contribution in [1.29, 1.82) is 0 Å². The monoisotopic (exact) mass is 309 g/mol. The van der Waals surface area contributed by atoms with Crippen LogP contribution in [0.4, 0.5) is 0 Å². The Bertz CT molecular complexity index is 668. The molecule has 0 aliphatic carbocycles. The van der Waals surface area contributed by atoms with E-state index in [1.54, 1.807) is 13.8 Å². The van der Waals surface area contributed by atoms with Crippen LogP contribution in [0.5, 0.6) is 0 Å². The summed E-state index contributed by atoms with van der Waals surface area (Å²) < 4.78 is 26.4. The first-order valence-electron chi connectivity index (χ1n) is 6.34. The minimum Gasteiger partial charge on any atom is -0.374 e. The smallest absolute Gasteiger partial charge is 0.264 e. The van der Waals surface area contributed by atoms with Gasteiger partial charge in [-0.1, -0.05) is 40.9 Å². The summed E-state index contributed by atoms with van der Waals surface area (Å²) in [6, 6.07) is 7.77. The van der Waals surface area contributed by atoms with Gasteiger partial charge in [-0.15, -0.1) is 5.92 Å². The average Bonchev–Trinajstić information content (AvgIpc) is 2.40. The van der Waals surface area contributed by atoms with E-state index in [-0.39, 0.29) is 6.61 Å². The molecule has 1 unspecified atom stereocenters. The maximum Gasteiger partial charge on any atom is 0.264 e. The zero-order valence-electron chi connectivity index (χ0n) is 12.6. The second kappa shape index (κ2) is 7.81. The van der Waals surface area contributed by atoms with Crippen LogP contribution in [-0.2, 0) is 19.1 Å². The largest absolute Gasteiger partial charge is 0.374 e. The van der Waals surface area contributed by atoms with Crippen molar-refractivity contribution in [2.24, 2.45) is 5.16 Å². The fraction of sp³-hybridized carbons (Fsp3) is 0.400. The lowest BCUT2D eigenvalue weighted by molar-refractivity contribution is 0.0980. The average molecular weight is 309 g/mol. The van der Waals surface area contributed by atoms with Gasteiger partial charge in [0.05, 0.1) is 12.0 Å². The van der Waals surface area contributed by atoms with E-state index in [2.05, 4.69) is 21.2 Å². The van der Waals surface area contributed by atoms with Crippen LogP contribution >= 0.6 is 0 Å². The summed E-state index contributed by atoms with van der Waals surface area (Å²) in [6.07, 6.45) is 0.488. The van der Waals surface area contributed by atoms with E-state index in [0.717, 1.165) is 17.4 Å². The third-order valence-corrected chi connectivity index (χ3v) is 2.96. The van der Waals surface area contributed by atoms with Gasteiger partial charge in [0.15, 0.2) is 0 Å². The molecular weight excluding hydrogens is 290 g/mol. The van der Waals surface area contributed by atoms with E-state index in [1.807, 2.05) is 31.2 Å². The van der Waals surface area contributed by atoms with Gasteiger partial charge in [0, 0.05) is 5.56 Å². The Morgan fingerprint density at radius 1 is 1.43 bits per heavy atom. The first kappa shape index (κ1) is 17.2. The van der Waals surface area contributed by atoms with Crippen molar-refractivity contribution in [3.05, 3.63) is 35.4 Å². The number of hydrogen-bond donors (Lipinski definition) is 0. The third kappa shape index (κ3) is 6.93. The topological polar surface area (TPSA) is 65.0 Å². The van der Waals surface area contributed by atoms with E-state index in [9.17, 15) is 8.42 Å². The Labute approximate surface area is 126 Å². The van der Waals surface area contributed by atoms with E-state index >= 15 is 0 Å². The van der Waals surface area contributed by atoms with Gasteiger partial charge in [0.1, 0.15) is 6.61 Å². The number of hydrogen-bond acceptors (Lipinski definition) is 5. The van der Waals surface area contributed by atoms with Crippen LogP contribution in [0, 0.1) is 18.8 Å². The Balaban J connectivity index is 2.77. The highest BCUT2D eigenvalue weighted by Gasteiger charge is 2.10. The molecule has 114 valence electrons. The molecule has 0 fully saturated rings. The molecule has 0 aliphatic heterocycles. The molecule has 0 heterocycles. The number of nitrogens with zero attached hydrogens (tertiary/aromatic N) is 1. The standard InChI is InChI=1S/C15H19NO4S/c1-5-7-15(14-9-6-8-12(2)10-14)20-16-13(3)11-19-21(4,17)18/h6,8-10,15H,11H2,1-4H3/b16-13+. The minimum atomic E-state index is -3.49. The lowest BCUT2D eigenvalue weighted by Gasteiger charge is -2.11. The Morgan fingerprint density at radius 2 is 2.14 bits per heavy atom. The molecule has 5 nitrogen and oxygen atoms in total. The summed E-state index contributed by atoms with van der Waals surface area (Å²) in [5.41, 5.74) is 2.40. The minimum absolute atomic E-state index is 0.140. The normalized spacial score (nSPS) is 13.2. The molecule has 0 aromatic heterocycles. The maximum atomic E-state index is 10.9. The highest BCUT2D eigenvalue weighted by molar-refractivity contribution is 7.86. The molecule has 0 N–H and O–H groups in total. The lowest BCUT2D eigenvalue weighted by atomic mass is 10.1. The Kier molecular flexibility index (Phi) is 6.40. The van der Waals surface area contributed by atoms with Gasteiger partial charge in [-0.3, -0.25) is 4.18 Å². The summed E-state index contributed by atoms with van der Waals surface area (Å²) >= 11 is 0. The van der Waals surface area contributed by atoms with E-state index in [4.69, 9.17) is 4.84 Å². The molecular formula is C15H19NO4S. The first-order chi connectivity index (χ1) is 9.81. The van der Waals surface area contributed by atoms with E-state index in [1.165, 1.54) is 0 Å². The van der Waals surface area contributed by atoms with Crippen molar-refractivity contribution in [2.45, 2.75) is 26.9 Å². The third-order valence-electron chi connectivity index (χ3n) is 2.42. The summed E-state index contributed by atoms with van der Waals surface area (Å²) in [5, 5.41) is 3.88. The van der Waals surface area contributed by atoms with Crippen LogP contribution in [0.15, 0.2) is 29.4 Å². The second-order valence-corrected chi connectivity index (χ2v) is 6.23. The van der Waals surface area contributed by atoms with E-state index < -0.39 is 16.2 Å². The highest BCUT2D eigenvalue weighted by Crippen LogP contribution is 2.18. The van der Waals surface area contributed by atoms with Crippen LogP contribution in [0.1, 0.15) is 31.1 Å². The molecule has 0 bridgehead atoms. The second-order valence-electron chi connectivity index (χ2n) is 4.59. The van der Waals surface area contributed by atoms with Crippen molar-refractivity contribution in [3.63, 3.8) is 0 Å². The fourth-order valence-electron chi connectivity index (χ4n) is 1.50. The molecule has 0 saturated heterocycles. The number of aryl methyl sites for hydroxylation is 1. The van der Waals surface area contributed by atoms with Gasteiger partial charge in [-0.2, -0.15) is 8.42 Å². The molecule has 0 saturated carbocycles. The van der Waals surface area contributed by atoms with Crippen molar-refractivity contribution in [2.75, 3.05) is 12.9 Å². The zero-order valence-corrected chi connectivity index (χ0v) is 13.4. The van der Waals surface area contributed by atoms with Crippen LogP contribution in [0.25, 0.3) is 0 Å². The van der Waals surface area contributed by atoms with Gasteiger partial charge in [-0.05, 0) is 20.8 Å². The van der Waals surface area contributed by atoms with Crippen LogP contribution in [0.3, 0.4) is 0 Å². The SMILES string of the molecule is CC#CC(O/N=C(\C)COS(C)(=O)=O)c1cccc(C)c1. The maximum absolute atomic E-state index is 10.9. The van der Waals surface area contributed by atoms with Gasteiger partial charge in [-0.25, -0.2) is 0 Å². The van der Waals surface area contributed by atoms with Crippen LogP contribution in [-0.4, -0.2) is 27.0 Å². The molecule has 1 aromatic carbocycles. The van der Waals surface area contributed by atoms with Gasteiger partial charge >= 0.3 is 0 Å². The molecule has 21 heavy (non-hydrogen) atoms. The molecule has 0 amide bonds. The molecule has 6 heteroatoms. The van der Waals surface area contributed by atoms with Crippen molar-refractivity contribution >= 4 is 15.8 Å². The van der Waals surface area contributed by atoms with Crippen molar-refractivity contribution in [3.8, 4) is 11.8 Å². The molecule has 0 aliphatic rings. The van der Waals surface area contributed by atoms with Gasteiger partial charge in [0.25, 0.3) is 10.1 Å². The number of benzene rings is 1. The summed E-state index contributed by atoms with van der Waals surface area (Å²) in [5.74, 6) is 5.71. The van der Waals surface area contributed by atoms with Crippen molar-refractivity contribution in [1.82, 2.24) is 0 Å². The van der Waals surface area contributed by atoms with Gasteiger partial charge < -0.3 is 4.84 Å². The first-order valence-corrected chi connectivity index (χ1v) is 8.16. The molecule has 0 radical (unpaired) electrons. The van der Waals surface area contributed by atoms with Crippen LogP contribution in [0.2, 0.25) is 0 Å². The fourth-order valence-corrected chi connectivity index (χ4v) is 1.88. The van der Waals surface area contributed by atoms with Gasteiger partial charge in [0.2, 0.25) is 6.10 Å².